The van der Waals surface area contributed by atoms with E-state index in [1.165, 1.54) is 0 Å². The molecule has 1 N–H and O–H groups in total. The van der Waals surface area contributed by atoms with Gasteiger partial charge >= 0.3 is 0 Å². The summed E-state index contributed by atoms with van der Waals surface area (Å²) >= 11 is 0. The minimum absolute atomic E-state index is 0.142. The van der Waals surface area contributed by atoms with Crippen LogP contribution in [-0.4, -0.2) is 20.2 Å². The molecule has 0 amide bonds. The fourth-order valence-electron chi connectivity index (χ4n) is 0.837. The van der Waals surface area contributed by atoms with E-state index in [4.69, 9.17) is 5.26 Å². The number of rotatable bonds is 5. The Labute approximate surface area is 73.6 Å². The smallest absolute Gasteiger partial charge is 0.212 e. The summed E-state index contributed by atoms with van der Waals surface area (Å²) in [5.41, 5.74) is 0. The first kappa shape index (κ1) is 11.4. The van der Waals surface area contributed by atoms with Gasteiger partial charge in [0.15, 0.2) is 0 Å². The standard InChI is InChI=1S/C7H14N2O2S/c1-3-4-7(2)12(10,11)9-6-5-8/h7,9H,3-4,6H2,1-2H3. The molecule has 4 nitrogen and oxygen atoms in total. The Morgan fingerprint density at radius 3 is 2.58 bits per heavy atom. The zero-order valence-electron chi connectivity index (χ0n) is 7.37. The molecule has 0 aromatic carbocycles. The molecule has 1 atom stereocenters. The molecule has 0 spiro atoms. The Kier molecular flexibility index (Phi) is 4.86. The summed E-state index contributed by atoms with van der Waals surface area (Å²) in [5.74, 6) is 0. The highest BCUT2D eigenvalue weighted by molar-refractivity contribution is 7.90. The van der Waals surface area contributed by atoms with Crippen molar-refractivity contribution in [2.75, 3.05) is 6.54 Å². The van der Waals surface area contributed by atoms with Crippen molar-refractivity contribution in [2.24, 2.45) is 0 Å². The molecule has 0 heterocycles. The van der Waals surface area contributed by atoms with Crippen LogP contribution >= 0.6 is 0 Å². The number of nitriles is 1. The van der Waals surface area contributed by atoms with Crippen LogP contribution in [0.2, 0.25) is 0 Å². The second kappa shape index (κ2) is 5.12. The molecule has 0 saturated carbocycles. The molecular formula is C7H14N2O2S. The first-order chi connectivity index (χ1) is 5.54. The van der Waals surface area contributed by atoms with Gasteiger partial charge in [0.1, 0.15) is 0 Å². The van der Waals surface area contributed by atoms with E-state index in [2.05, 4.69) is 4.72 Å². The van der Waals surface area contributed by atoms with Gasteiger partial charge in [-0.15, -0.1) is 0 Å². The summed E-state index contributed by atoms with van der Waals surface area (Å²) in [5, 5.41) is 7.76. The summed E-state index contributed by atoms with van der Waals surface area (Å²) in [6, 6.07) is 1.73. The molecule has 12 heavy (non-hydrogen) atoms. The molecule has 0 fully saturated rings. The first-order valence-electron chi connectivity index (χ1n) is 3.90. The van der Waals surface area contributed by atoms with E-state index >= 15 is 0 Å². The van der Waals surface area contributed by atoms with Crippen molar-refractivity contribution in [3.05, 3.63) is 0 Å². The predicted molar refractivity (Wildman–Crippen MR) is 46.9 cm³/mol. The van der Waals surface area contributed by atoms with Gasteiger partial charge in [0.2, 0.25) is 10.0 Å². The van der Waals surface area contributed by atoms with Crippen molar-refractivity contribution < 1.29 is 8.42 Å². The van der Waals surface area contributed by atoms with Crippen LogP contribution in [0.5, 0.6) is 0 Å². The lowest BCUT2D eigenvalue weighted by atomic mass is 10.3. The summed E-state index contributed by atoms with van der Waals surface area (Å²) in [6.07, 6.45) is 1.45. The normalized spacial score (nSPS) is 13.8. The van der Waals surface area contributed by atoms with Crippen LogP contribution in [0.4, 0.5) is 0 Å². The van der Waals surface area contributed by atoms with Crippen LogP contribution in [0.15, 0.2) is 0 Å². The van der Waals surface area contributed by atoms with Crippen molar-refractivity contribution in [2.45, 2.75) is 31.9 Å². The number of sulfonamides is 1. The average Bonchev–Trinajstić information content (AvgIpc) is 2.01. The van der Waals surface area contributed by atoms with Crippen molar-refractivity contribution in [3.8, 4) is 6.07 Å². The lowest BCUT2D eigenvalue weighted by molar-refractivity contribution is 0.565. The van der Waals surface area contributed by atoms with E-state index in [0.717, 1.165) is 6.42 Å². The topological polar surface area (TPSA) is 70.0 Å². The minimum atomic E-state index is -3.26. The second-order valence-electron chi connectivity index (χ2n) is 2.62. The van der Waals surface area contributed by atoms with E-state index in [1.54, 1.807) is 13.0 Å². The lowest BCUT2D eigenvalue weighted by Gasteiger charge is -2.10. The summed E-state index contributed by atoms with van der Waals surface area (Å²) in [4.78, 5) is 0. The summed E-state index contributed by atoms with van der Waals surface area (Å²) < 4.78 is 24.6. The highest BCUT2D eigenvalue weighted by Gasteiger charge is 2.18. The average molecular weight is 190 g/mol. The molecule has 0 saturated heterocycles. The zero-order valence-corrected chi connectivity index (χ0v) is 8.19. The second-order valence-corrected chi connectivity index (χ2v) is 4.81. The highest BCUT2D eigenvalue weighted by Crippen LogP contribution is 2.05. The maximum Gasteiger partial charge on any atom is 0.215 e. The van der Waals surface area contributed by atoms with Gasteiger partial charge in [-0.1, -0.05) is 13.3 Å². The van der Waals surface area contributed by atoms with Crippen molar-refractivity contribution >= 4 is 10.0 Å². The van der Waals surface area contributed by atoms with Crippen LogP contribution in [0.1, 0.15) is 26.7 Å². The van der Waals surface area contributed by atoms with Crippen molar-refractivity contribution in [1.29, 1.82) is 5.26 Å². The molecule has 0 aliphatic rings. The molecule has 0 aromatic rings. The molecule has 5 heteroatoms. The number of nitrogens with one attached hydrogen (secondary N) is 1. The monoisotopic (exact) mass is 190 g/mol. The SMILES string of the molecule is CCCC(C)S(=O)(=O)NCC#N. The molecule has 1 unspecified atom stereocenters. The van der Waals surface area contributed by atoms with Gasteiger partial charge < -0.3 is 0 Å². The highest BCUT2D eigenvalue weighted by atomic mass is 32.2. The van der Waals surface area contributed by atoms with Gasteiger partial charge in [-0.2, -0.15) is 5.26 Å². The Morgan fingerprint density at radius 2 is 2.17 bits per heavy atom. The van der Waals surface area contributed by atoms with Crippen molar-refractivity contribution in [1.82, 2.24) is 4.72 Å². The third kappa shape index (κ3) is 3.69. The maximum atomic E-state index is 11.2. The summed E-state index contributed by atoms with van der Waals surface area (Å²) in [6.45, 7) is 3.43. The first-order valence-corrected chi connectivity index (χ1v) is 5.44. The van der Waals surface area contributed by atoms with E-state index in [0.29, 0.717) is 6.42 Å². The fraction of sp³-hybridized carbons (Fsp3) is 0.857. The van der Waals surface area contributed by atoms with Gasteiger partial charge in [0, 0.05) is 0 Å². The minimum Gasteiger partial charge on any atom is -0.212 e. The molecule has 0 aliphatic heterocycles. The number of nitrogens with zero attached hydrogens (tertiary/aromatic N) is 1. The van der Waals surface area contributed by atoms with Gasteiger partial charge in [0.25, 0.3) is 0 Å². The fourth-order valence-corrected chi connectivity index (χ4v) is 1.93. The molecule has 0 bridgehead atoms. The molecule has 0 radical (unpaired) electrons. The summed E-state index contributed by atoms with van der Waals surface area (Å²) in [7, 11) is -3.26. The Bertz CT molecular complexity index is 253. The Hall–Kier alpha value is -0.600. The third-order valence-electron chi connectivity index (χ3n) is 1.58. The van der Waals surface area contributed by atoms with Crippen LogP contribution in [0.3, 0.4) is 0 Å². The zero-order chi connectivity index (χ0) is 9.61. The van der Waals surface area contributed by atoms with E-state index in [9.17, 15) is 8.42 Å². The van der Waals surface area contributed by atoms with Crippen molar-refractivity contribution in [3.63, 3.8) is 0 Å². The number of hydrogen-bond acceptors (Lipinski definition) is 3. The lowest BCUT2D eigenvalue weighted by Crippen LogP contribution is -2.32. The third-order valence-corrected chi connectivity index (χ3v) is 3.42. The van der Waals surface area contributed by atoms with E-state index < -0.39 is 15.3 Å². The quantitative estimate of drug-likeness (QED) is 0.646. The van der Waals surface area contributed by atoms with E-state index in [-0.39, 0.29) is 6.54 Å². The molecule has 70 valence electrons. The van der Waals surface area contributed by atoms with Crippen LogP contribution in [-0.2, 0) is 10.0 Å². The van der Waals surface area contributed by atoms with Crippen LogP contribution in [0, 0.1) is 11.3 Å². The molecule has 0 rings (SSSR count). The number of hydrogen-bond donors (Lipinski definition) is 1. The Balaban J connectivity index is 4.12. The molecule has 0 aromatic heterocycles. The molecule has 0 aliphatic carbocycles. The van der Waals surface area contributed by atoms with Crippen LogP contribution in [0.25, 0.3) is 0 Å². The Morgan fingerprint density at radius 1 is 1.58 bits per heavy atom. The van der Waals surface area contributed by atoms with Gasteiger partial charge in [-0.25, -0.2) is 13.1 Å². The van der Waals surface area contributed by atoms with Crippen LogP contribution < -0.4 is 4.72 Å². The molecular weight excluding hydrogens is 176 g/mol. The van der Waals surface area contributed by atoms with Gasteiger partial charge in [-0.3, -0.25) is 0 Å². The predicted octanol–water partition coefficient (Wildman–Crippen LogP) is 0.618. The van der Waals surface area contributed by atoms with Gasteiger partial charge in [0.05, 0.1) is 17.9 Å². The maximum absolute atomic E-state index is 11.2. The van der Waals surface area contributed by atoms with E-state index in [1.807, 2.05) is 6.92 Å². The largest absolute Gasteiger partial charge is 0.215 e. The van der Waals surface area contributed by atoms with Gasteiger partial charge in [-0.05, 0) is 13.3 Å².